The maximum absolute atomic E-state index is 13.3. The van der Waals surface area contributed by atoms with Crippen LogP contribution in [0.3, 0.4) is 0 Å². The smallest absolute Gasteiger partial charge is 0.342 e. The number of amides is 4. The molecule has 0 aromatic heterocycles. The van der Waals surface area contributed by atoms with Gasteiger partial charge in [0.05, 0.1) is 6.04 Å². The van der Waals surface area contributed by atoms with Crippen LogP contribution in [0.15, 0.2) is 30.3 Å². The molecule has 3 rings (SSSR count). The topological polar surface area (TPSA) is 148 Å². The van der Waals surface area contributed by atoms with Crippen molar-refractivity contribution in [2.24, 2.45) is 5.73 Å². The van der Waals surface area contributed by atoms with Gasteiger partial charge in [0.15, 0.2) is 0 Å². The number of benzene rings is 1. The number of hydrogen-bond acceptors (Lipinski definition) is 7. The summed E-state index contributed by atoms with van der Waals surface area (Å²) in [5, 5.41) is 4.70. The third-order valence-electron chi connectivity index (χ3n) is 5.88. The fraction of sp³-hybridized carbons (Fsp3) is 0.500. The Labute approximate surface area is 185 Å². The van der Waals surface area contributed by atoms with Gasteiger partial charge in [-0.05, 0) is 31.2 Å². The summed E-state index contributed by atoms with van der Waals surface area (Å²) < 4.78 is 5.44. The van der Waals surface area contributed by atoms with Crippen molar-refractivity contribution in [3.63, 3.8) is 0 Å². The summed E-state index contributed by atoms with van der Waals surface area (Å²) >= 11 is 0. The first-order valence-corrected chi connectivity index (χ1v) is 10.7. The van der Waals surface area contributed by atoms with Crippen molar-refractivity contribution >= 4 is 29.6 Å². The monoisotopic (exact) mass is 444 g/mol. The molecule has 0 spiro atoms. The maximum atomic E-state index is 13.3. The molecule has 2 saturated heterocycles. The lowest BCUT2D eigenvalue weighted by Crippen LogP contribution is -2.66. The minimum atomic E-state index is -2.00. The summed E-state index contributed by atoms with van der Waals surface area (Å²) in [7, 11) is 0. The quantitative estimate of drug-likeness (QED) is 0.298. The van der Waals surface area contributed by atoms with E-state index in [0.717, 1.165) is 4.90 Å². The highest BCUT2D eigenvalue weighted by Crippen LogP contribution is 2.32. The molecular weight excluding hydrogens is 416 g/mol. The van der Waals surface area contributed by atoms with Crippen LogP contribution >= 0.6 is 0 Å². The van der Waals surface area contributed by atoms with Crippen LogP contribution in [0.5, 0.6) is 0 Å². The number of nitrogens with two attached hydrogens (primary N) is 1. The number of esters is 1. The Balaban J connectivity index is 1.85. The largest absolute Gasteiger partial charge is 0.459 e. The van der Waals surface area contributed by atoms with Gasteiger partial charge >= 0.3 is 5.97 Å². The Morgan fingerprint density at radius 3 is 2.62 bits per heavy atom. The van der Waals surface area contributed by atoms with Crippen LogP contribution in [0.2, 0.25) is 0 Å². The molecule has 2 aliphatic rings. The molecule has 1 unspecified atom stereocenters. The molecule has 0 saturated carbocycles. The number of rotatable bonds is 7. The van der Waals surface area contributed by atoms with Crippen LogP contribution in [-0.4, -0.2) is 58.7 Å². The lowest BCUT2D eigenvalue weighted by atomic mass is 9.93. The third-order valence-corrected chi connectivity index (χ3v) is 5.88. The minimum Gasteiger partial charge on any atom is -0.459 e. The van der Waals surface area contributed by atoms with Crippen molar-refractivity contribution in [3.8, 4) is 0 Å². The molecule has 10 nitrogen and oxygen atoms in total. The number of carbonyl (C=O) groups excluding carboxylic acids is 5. The summed E-state index contributed by atoms with van der Waals surface area (Å²) in [5.74, 6) is -3.44. The number of nitrogens with one attached hydrogen (secondary N) is 2. The number of ether oxygens (including phenoxy) is 1. The van der Waals surface area contributed by atoms with Crippen molar-refractivity contribution < 1.29 is 28.7 Å². The molecule has 1 aromatic carbocycles. The summed E-state index contributed by atoms with van der Waals surface area (Å²) in [6.07, 6.45) is 1.10. The molecule has 172 valence electrons. The van der Waals surface area contributed by atoms with E-state index in [2.05, 4.69) is 10.6 Å². The van der Waals surface area contributed by atoms with Gasteiger partial charge in [-0.2, -0.15) is 0 Å². The third kappa shape index (κ3) is 4.64. The van der Waals surface area contributed by atoms with Gasteiger partial charge in [-0.15, -0.1) is 0 Å². The average Bonchev–Trinajstić information content (AvgIpc) is 3.44. The van der Waals surface area contributed by atoms with Gasteiger partial charge in [0, 0.05) is 13.0 Å². The number of likely N-dealkylation sites (tertiary alicyclic amines) is 1. The van der Waals surface area contributed by atoms with Gasteiger partial charge in [-0.3, -0.25) is 24.5 Å². The summed E-state index contributed by atoms with van der Waals surface area (Å²) in [6.45, 7) is 1.76. The lowest BCUT2D eigenvalue weighted by molar-refractivity contribution is -0.168. The molecule has 3 atom stereocenters. The van der Waals surface area contributed by atoms with E-state index in [1.54, 1.807) is 31.2 Å². The van der Waals surface area contributed by atoms with E-state index in [1.807, 2.05) is 6.07 Å². The van der Waals surface area contributed by atoms with E-state index in [1.165, 1.54) is 0 Å². The Bertz CT molecular complexity index is 905. The van der Waals surface area contributed by atoms with Gasteiger partial charge in [-0.25, -0.2) is 4.79 Å². The van der Waals surface area contributed by atoms with Crippen molar-refractivity contribution in [3.05, 3.63) is 35.9 Å². The first kappa shape index (κ1) is 23.4. The number of hydrogen-bond donors (Lipinski definition) is 3. The SMILES string of the molecule is CCC(N)C(=O)N1CCC[C@]1(C(=O)NC(=O)[C@@H]1CCC(=O)N1)C(=O)OCc1ccccc1. The number of carbonyl (C=O) groups is 5. The van der Waals surface area contributed by atoms with Gasteiger partial charge < -0.3 is 20.7 Å². The van der Waals surface area contributed by atoms with Crippen molar-refractivity contribution in [1.82, 2.24) is 15.5 Å². The lowest BCUT2D eigenvalue weighted by Gasteiger charge is -2.36. The zero-order chi connectivity index (χ0) is 23.3. The van der Waals surface area contributed by atoms with Gasteiger partial charge in [-0.1, -0.05) is 37.3 Å². The van der Waals surface area contributed by atoms with Crippen molar-refractivity contribution in [1.29, 1.82) is 0 Å². The minimum absolute atomic E-state index is 0.00106. The standard InChI is InChI=1S/C22H28N4O6/c1-2-15(23)19(29)26-12-6-11-22(26,21(31)32-13-14-7-4-3-5-8-14)20(30)25-18(28)16-9-10-17(27)24-16/h3-5,7-8,15-16H,2,6,9-13,23H2,1H3,(H,24,27)(H,25,28,30)/t15?,16-,22-/m0/s1. The maximum Gasteiger partial charge on any atom is 0.342 e. The van der Waals surface area contributed by atoms with E-state index in [0.29, 0.717) is 18.4 Å². The molecule has 2 aliphatic heterocycles. The van der Waals surface area contributed by atoms with Gasteiger partial charge in [0.1, 0.15) is 12.6 Å². The summed E-state index contributed by atoms with van der Waals surface area (Å²) in [4.78, 5) is 64.6. The molecule has 32 heavy (non-hydrogen) atoms. The predicted octanol–water partition coefficient (Wildman–Crippen LogP) is -0.250. The molecular formula is C22H28N4O6. The highest BCUT2D eigenvalue weighted by molar-refractivity contribution is 6.15. The average molecular weight is 444 g/mol. The zero-order valence-electron chi connectivity index (χ0n) is 18.0. The summed E-state index contributed by atoms with van der Waals surface area (Å²) in [6, 6.07) is 7.14. The number of imide groups is 1. The molecule has 2 fully saturated rings. The Morgan fingerprint density at radius 2 is 2.00 bits per heavy atom. The van der Waals surface area contributed by atoms with E-state index in [4.69, 9.17) is 10.5 Å². The molecule has 2 heterocycles. The first-order chi connectivity index (χ1) is 15.3. The number of nitrogens with zero attached hydrogens (tertiary/aromatic N) is 1. The predicted molar refractivity (Wildman–Crippen MR) is 112 cm³/mol. The van der Waals surface area contributed by atoms with Crippen LogP contribution in [0, 0.1) is 0 Å². The first-order valence-electron chi connectivity index (χ1n) is 10.7. The van der Waals surface area contributed by atoms with E-state index in [-0.39, 0.29) is 38.3 Å². The molecule has 10 heteroatoms. The Hall–Kier alpha value is -3.27. The van der Waals surface area contributed by atoms with E-state index < -0.39 is 41.3 Å². The van der Waals surface area contributed by atoms with Gasteiger partial charge in [0.25, 0.3) is 5.91 Å². The molecule has 4 amide bonds. The van der Waals surface area contributed by atoms with E-state index >= 15 is 0 Å². The molecule has 1 aromatic rings. The van der Waals surface area contributed by atoms with Crippen molar-refractivity contribution in [2.45, 2.75) is 63.3 Å². The van der Waals surface area contributed by atoms with Crippen LogP contribution in [-0.2, 0) is 35.3 Å². The highest BCUT2D eigenvalue weighted by atomic mass is 16.5. The van der Waals surface area contributed by atoms with E-state index in [9.17, 15) is 24.0 Å². The molecule has 0 aliphatic carbocycles. The second-order valence-corrected chi connectivity index (χ2v) is 8.01. The molecule has 0 radical (unpaired) electrons. The second-order valence-electron chi connectivity index (χ2n) is 8.01. The Kier molecular flexibility index (Phi) is 7.24. The van der Waals surface area contributed by atoms with Crippen LogP contribution < -0.4 is 16.4 Å². The van der Waals surface area contributed by atoms with Gasteiger partial charge in [0.2, 0.25) is 23.3 Å². The van der Waals surface area contributed by atoms with Crippen LogP contribution in [0.4, 0.5) is 0 Å². The van der Waals surface area contributed by atoms with Crippen LogP contribution in [0.25, 0.3) is 0 Å². The summed E-state index contributed by atoms with van der Waals surface area (Å²) in [5.41, 5.74) is 4.62. The second kappa shape index (κ2) is 9.90. The fourth-order valence-electron chi connectivity index (χ4n) is 3.99. The highest BCUT2D eigenvalue weighted by Gasteiger charge is 2.58. The van der Waals surface area contributed by atoms with Crippen molar-refractivity contribution in [2.75, 3.05) is 6.54 Å². The van der Waals surface area contributed by atoms with Crippen LogP contribution in [0.1, 0.15) is 44.6 Å². The fourth-order valence-corrected chi connectivity index (χ4v) is 3.99. The normalized spacial score (nSPS) is 23.4. The molecule has 0 bridgehead atoms. The zero-order valence-corrected chi connectivity index (χ0v) is 18.0. The Morgan fingerprint density at radius 1 is 1.28 bits per heavy atom. The molecule has 4 N–H and O–H groups in total.